The van der Waals surface area contributed by atoms with Gasteiger partial charge in [-0.05, 0) is 25.7 Å². The quantitative estimate of drug-likeness (QED) is 0.679. The largest absolute Gasteiger partial charge is 0.466 e. The van der Waals surface area contributed by atoms with E-state index in [4.69, 9.17) is 4.74 Å². The molecule has 1 aliphatic carbocycles. The highest BCUT2D eigenvalue weighted by molar-refractivity contribution is 5.69. The second-order valence-electron chi connectivity index (χ2n) is 3.62. The van der Waals surface area contributed by atoms with Crippen LogP contribution < -0.4 is 0 Å². The molecule has 1 aliphatic rings. The molecule has 1 rings (SSSR count). The molecule has 0 aromatic heterocycles. The maximum atomic E-state index is 11.1. The molecule has 76 valence electrons. The van der Waals surface area contributed by atoms with Crippen molar-refractivity contribution in [3.63, 3.8) is 0 Å². The van der Waals surface area contributed by atoms with Crippen molar-refractivity contribution in [3.8, 4) is 0 Å². The zero-order chi connectivity index (χ0) is 9.68. The Morgan fingerprint density at radius 2 is 2.15 bits per heavy atom. The van der Waals surface area contributed by atoms with Crippen LogP contribution in [0.15, 0.2) is 0 Å². The Hall–Kier alpha value is -0.570. The molecule has 0 radical (unpaired) electrons. The summed E-state index contributed by atoms with van der Waals surface area (Å²) < 4.78 is 4.84. The molecule has 0 aliphatic heterocycles. The monoisotopic (exact) mass is 186 g/mol. The number of hydrogen-bond donors (Lipinski definition) is 1. The normalized spacial score (nSPS) is 28.5. The lowest BCUT2D eigenvalue weighted by atomic mass is 9.84. The molecule has 0 unspecified atom stereocenters. The Morgan fingerprint density at radius 3 is 2.77 bits per heavy atom. The molecular formula is C10H18O3. The van der Waals surface area contributed by atoms with Crippen LogP contribution in [-0.4, -0.2) is 23.8 Å². The van der Waals surface area contributed by atoms with Gasteiger partial charge in [0.05, 0.1) is 19.1 Å². The van der Waals surface area contributed by atoms with Gasteiger partial charge in [0.2, 0.25) is 0 Å². The number of esters is 1. The number of aliphatic hydroxyl groups is 1. The molecule has 0 heterocycles. The third-order valence-corrected chi connectivity index (χ3v) is 2.60. The molecule has 13 heavy (non-hydrogen) atoms. The van der Waals surface area contributed by atoms with E-state index in [9.17, 15) is 9.90 Å². The fourth-order valence-electron chi connectivity index (χ4n) is 1.86. The molecule has 0 bridgehead atoms. The fourth-order valence-corrected chi connectivity index (χ4v) is 1.86. The minimum Gasteiger partial charge on any atom is -0.466 e. The van der Waals surface area contributed by atoms with Gasteiger partial charge in [0.1, 0.15) is 0 Å². The van der Waals surface area contributed by atoms with Crippen molar-refractivity contribution in [2.45, 2.75) is 45.1 Å². The molecule has 0 amide bonds. The second kappa shape index (κ2) is 5.22. The van der Waals surface area contributed by atoms with E-state index < -0.39 is 0 Å². The standard InChI is InChI=1S/C10H18O3/c1-2-13-10(12)7-8-5-3-4-6-9(8)11/h8-9,11H,2-7H2,1H3/t8-,9+/m0/s1. The summed E-state index contributed by atoms with van der Waals surface area (Å²) in [6.07, 6.45) is 4.10. The van der Waals surface area contributed by atoms with E-state index in [0.29, 0.717) is 13.0 Å². The lowest BCUT2D eigenvalue weighted by Gasteiger charge is -2.26. The molecule has 0 aromatic rings. The summed E-state index contributed by atoms with van der Waals surface area (Å²) >= 11 is 0. The SMILES string of the molecule is CCOC(=O)C[C@@H]1CCCC[C@H]1O. The molecule has 3 nitrogen and oxygen atoms in total. The number of rotatable bonds is 3. The Balaban J connectivity index is 2.29. The van der Waals surface area contributed by atoms with Gasteiger partial charge >= 0.3 is 5.97 Å². The van der Waals surface area contributed by atoms with Crippen LogP contribution in [0.4, 0.5) is 0 Å². The molecule has 1 N–H and O–H groups in total. The maximum absolute atomic E-state index is 11.1. The summed E-state index contributed by atoms with van der Waals surface area (Å²) in [5.41, 5.74) is 0. The van der Waals surface area contributed by atoms with Gasteiger partial charge in [0, 0.05) is 0 Å². The van der Waals surface area contributed by atoms with Crippen molar-refractivity contribution < 1.29 is 14.6 Å². The van der Waals surface area contributed by atoms with Gasteiger partial charge in [0.15, 0.2) is 0 Å². The molecule has 0 aromatic carbocycles. The van der Waals surface area contributed by atoms with Gasteiger partial charge in [-0.25, -0.2) is 0 Å². The van der Waals surface area contributed by atoms with E-state index in [2.05, 4.69) is 0 Å². The molecule has 0 saturated heterocycles. The average molecular weight is 186 g/mol. The predicted octanol–water partition coefficient (Wildman–Crippen LogP) is 1.49. The van der Waals surface area contributed by atoms with Gasteiger partial charge < -0.3 is 9.84 Å². The minimum atomic E-state index is -0.293. The van der Waals surface area contributed by atoms with Crippen LogP contribution in [0, 0.1) is 5.92 Å². The maximum Gasteiger partial charge on any atom is 0.306 e. The van der Waals surface area contributed by atoms with Gasteiger partial charge in [-0.2, -0.15) is 0 Å². The summed E-state index contributed by atoms with van der Waals surface area (Å²) in [5.74, 6) is -0.0405. The van der Waals surface area contributed by atoms with E-state index in [1.54, 1.807) is 6.92 Å². The highest BCUT2D eigenvalue weighted by Crippen LogP contribution is 2.27. The third kappa shape index (κ3) is 3.35. The van der Waals surface area contributed by atoms with Crippen molar-refractivity contribution in [2.24, 2.45) is 5.92 Å². The second-order valence-corrected chi connectivity index (χ2v) is 3.62. The van der Waals surface area contributed by atoms with Crippen molar-refractivity contribution in [3.05, 3.63) is 0 Å². The highest BCUT2D eigenvalue weighted by Gasteiger charge is 2.25. The number of aliphatic hydroxyl groups excluding tert-OH is 1. The molecule has 1 fully saturated rings. The summed E-state index contributed by atoms with van der Waals surface area (Å²) in [7, 11) is 0. The molecule has 0 spiro atoms. The van der Waals surface area contributed by atoms with E-state index in [1.807, 2.05) is 0 Å². The molecule has 3 heteroatoms. The predicted molar refractivity (Wildman–Crippen MR) is 49.2 cm³/mol. The summed E-state index contributed by atoms with van der Waals surface area (Å²) in [6.45, 7) is 2.23. The van der Waals surface area contributed by atoms with Crippen molar-refractivity contribution >= 4 is 5.97 Å². The van der Waals surface area contributed by atoms with Crippen LogP contribution in [0.3, 0.4) is 0 Å². The smallest absolute Gasteiger partial charge is 0.306 e. The first-order valence-electron chi connectivity index (χ1n) is 5.07. The first kappa shape index (κ1) is 10.5. The first-order valence-corrected chi connectivity index (χ1v) is 5.07. The van der Waals surface area contributed by atoms with Gasteiger partial charge in [0.25, 0.3) is 0 Å². The molecule has 1 saturated carbocycles. The number of hydrogen-bond acceptors (Lipinski definition) is 3. The van der Waals surface area contributed by atoms with Crippen LogP contribution in [0.2, 0.25) is 0 Å². The van der Waals surface area contributed by atoms with E-state index in [1.165, 1.54) is 0 Å². The zero-order valence-electron chi connectivity index (χ0n) is 8.16. The summed E-state index contributed by atoms with van der Waals surface area (Å²) in [4.78, 5) is 11.1. The number of ether oxygens (including phenoxy) is 1. The minimum absolute atomic E-state index is 0.132. The fraction of sp³-hybridized carbons (Fsp3) is 0.900. The Labute approximate surface area is 79.1 Å². The molecule has 2 atom stereocenters. The topological polar surface area (TPSA) is 46.5 Å². The van der Waals surface area contributed by atoms with Gasteiger partial charge in [-0.1, -0.05) is 12.8 Å². The Bertz CT molecular complexity index is 168. The Morgan fingerprint density at radius 1 is 1.46 bits per heavy atom. The number of carbonyl (C=O) groups is 1. The van der Waals surface area contributed by atoms with Crippen molar-refractivity contribution in [1.29, 1.82) is 0 Å². The van der Waals surface area contributed by atoms with Crippen LogP contribution in [-0.2, 0) is 9.53 Å². The van der Waals surface area contributed by atoms with Crippen LogP contribution in [0.1, 0.15) is 39.0 Å². The van der Waals surface area contributed by atoms with Gasteiger partial charge in [-0.3, -0.25) is 4.79 Å². The highest BCUT2D eigenvalue weighted by atomic mass is 16.5. The van der Waals surface area contributed by atoms with E-state index in [0.717, 1.165) is 25.7 Å². The van der Waals surface area contributed by atoms with Crippen molar-refractivity contribution in [2.75, 3.05) is 6.61 Å². The van der Waals surface area contributed by atoms with Crippen molar-refractivity contribution in [1.82, 2.24) is 0 Å². The van der Waals surface area contributed by atoms with Crippen LogP contribution >= 0.6 is 0 Å². The lowest BCUT2D eigenvalue weighted by Crippen LogP contribution is -2.27. The average Bonchev–Trinajstić information content (AvgIpc) is 2.09. The zero-order valence-corrected chi connectivity index (χ0v) is 8.16. The lowest BCUT2D eigenvalue weighted by molar-refractivity contribution is -0.145. The molecular weight excluding hydrogens is 168 g/mol. The third-order valence-electron chi connectivity index (χ3n) is 2.60. The Kier molecular flexibility index (Phi) is 4.22. The first-order chi connectivity index (χ1) is 6.24. The van der Waals surface area contributed by atoms with E-state index in [-0.39, 0.29) is 18.0 Å². The summed E-state index contributed by atoms with van der Waals surface area (Å²) in [6, 6.07) is 0. The van der Waals surface area contributed by atoms with E-state index >= 15 is 0 Å². The van der Waals surface area contributed by atoms with Crippen LogP contribution in [0.25, 0.3) is 0 Å². The van der Waals surface area contributed by atoms with Gasteiger partial charge in [-0.15, -0.1) is 0 Å². The number of carbonyl (C=O) groups excluding carboxylic acids is 1. The van der Waals surface area contributed by atoms with Crippen LogP contribution in [0.5, 0.6) is 0 Å². The summed E-state index contributed by atoms with van der Waals surface area (Å²) in [5, 5.41) is 9.58.